The number of carbonyl (C=O) groups excluding carboxylic acids is 1. The lowest BCUT2D eigenvalue weighted by atomic mass is 9.86. The number of para-hydroxylation sites is 1. The Balaban J connectivity index is 1.26. The number of anilines is 1. The zero-order chi connectivity index (χ0) is 17.8. The number of aromatic amines is 1. The minimum absolute atomic E-state index is 0.0407. The van der Waals surface area contributed by atoms with Crippen LogP contribution in [0.2, 0.25) is 0 Å². The predicted octanol–water partition coefficient (Wildman–Crippen LogP) is 4.57. The molecule has 0 aliphatic heterocycles. The average Bonchev–Trinajstić information content (AvgIpc) is 3.16. The Labute approximate surface area is 154 Å². The van der Waals surface area contributed by atoms with Crippen LogP contribution in [0.25, 0.3) is 10.9 Å². The van der Waals surface area contributed by atoms with Crippen molar-refractivity contribution in [3.05, 3.63) is 66.4 Å². The first-order chi connectivity index (χ1) is 12.8. The van der Waals surface area contributed by atoms with Gasteiger partial charge in [0.05, 0.1) is 0 Å². The summed E-state index contributed by atoms with van der Waals surface area (Å²) in [5, 5.41) is 7.81. The largest absolute Gasteiger partial charge is 0.385 e. The third-order valence-corrected chi connectivity index (χ3v) is 5.37. The maximum absolute atomic E-state index is 12.5. The van der Waals surface area contributed by atoms with Crippen molar-refractivity contribution in [3.63, 3.8) is 0 Å². The lowest BCUT2D eigenvalue weighted by Gasteiger charge is -2.29. The van der Waals surface area contributed by atoms with Gasteiger partial charge in [-0.3, -0.25) is 4.79 Å². The molecule has 1 aromatic heterocycles. The molecule has 1 fully saturated rings. The first kappa shape index (κ1) is 16.7. The highest BCUT2D eigenvalue weighted by Gasteiger charge is 2.22. The van der Waals surface area contributed by atoms with Crippen molar-refractivity contribution in [1.82, 2.24) is 10.3 Å². The Morgan fingerprint density at radius 3 is 2.62 bits per heavy atom. The van der Waals surface area contributed by atoms with Crippen molar-refractivity contribution in [2.24, 2.45) is 5.92 Å². The highest BCUT2D eigenvalue weighted by Crippen LogP contribution is 2.25. The van der Waals surface area contributed by atoms with Crippen LogP contribution in [0, 0.1) is 5.92 Å². The van der Waals surface area contributed by atoms with Gasteiger partial charge >= 0.3 is 0 Å². The van der Waals surface area contributed by atoms with E-state index >= 15 is 0 Å². The quantitative estimate of drug-likeness (QED) is 0.633. The van der Waals surface area contributed by atoms with Crippen LogP contribution in [0.5, 0.6) is 0 Å². The van der Waals surface area contributed by atoms with E-state index in [0.29, 0.717) is 5.92 Å². The lowest BCUT2D eigenvalue weighted by molar-refractivity contribution is 0.0923. The van der Waals surface area contributed by atoms with E-state index in [1.165, 1.54) is 5.69 Å². The summed E-state index contributed by atoms with van der Waals surface area (Å²) in [6.45, 7) is 1.01. The standard InChI is InChI=1S/C22H25N3O/c26-22(18-8-11-21-17(14-18)12-13-23-21)25-20-9-6-16(7-10-20)15-24-19-4-2-1-3-5-19/h1-5,8,11-14,16,20,23-24H,6-7,9-10,15H2,(H,25,26). The summed E-state index contributed by atoms with van der Waals surface area (Å²) in [5.41, 5.74) is 2.99. The lowest BCUT2D eigenvalue weighted by Crippen LogP contribution is -2.38. The zero-order valence-electron chi connectivity index (χ0n) is 14.9. The van der Waals surface area contributed by atoms with Crippen molar-refractivity contribution in [2.45, 2.75) is 31.7 Å². The van der Waals surface area contributed by atoms with Crippen molar-refractivity contribution < 1.29 is 4.79 Å². The van der Waals surface area contributed by atoms with Gasteiger partial charge in [0.2, 0.25) is 0 Å². The number of amides is 1. The summed E-state index contributed by atoms with van der Waals surface area (Å²) in [6.07, 6.45) is 6.32. The summed E-state index contributed by atoms with van der Waals surface area (Å²) in [6, 6.07) is 18.5. The summed E-state index contributed by atoms with van der Waals surface area (Å²) >= 11 is 0. The molecule has 0 bridgehead atoms. The summed E-state index contributed by atoms with van der Waals surface area (Å²) in [5.74, 6) is 0.721. The molecule has 0 radical (unpaired) electrons. The maximum atomic E-state index is 12.5. The van der Waals surface area contributed by atoms with E-state index in [1.54, 1.807) is 0 Å². The highest BCUT2D eigenvalue weighted by atomic mass is 16.1. The Bertz CT molecular complexity index is 863. The summed E-state index contributed by atoms with van der Waals surface area (Å²) < 4.78 is 0. The van der Waals surface area contributed by atoms with Crippen molar-refractivity contribution >= 4 is 22.5 Å². The molecule has 4 nitrogen and oxygen atoms in total. The Morgan fingerprint density at radius 1 is 1.00 bits per heavy atom. The van der Waals surface area contributed by atoms with Gasteiger partial charge in [-0.2, -0.15) is 0 Å². The van der Waals surface area contributed by atoms with Crippen LogP contribution in [0.3, 0.4) is 0 Å². The number of carbonyl (C=O) groups is 1. The molecule has 2 aromatic carbocycles. The van der Waals surface area contributed by atoms with E-state index < -0.39 is 0 Å². The smallest absolute Gasteiger partial charge is 0.251 e. The average molecular weight is 347 g/mol. The van der Waals surface area contributed by atoms with E-state index in [1.807, 2.05) is 36.5 Å². The number of hydrogen-bond donors (Lipinski definition) is 3. The topological polar surface area (TPSA) is 56.9 Å². The third kappa shape index (κ3) is 3.90. The van der Waals surface area contributed by atoms with E-state index in [-0.39, 0.29) is 11.9 Å². The normalized spacial score (nSPS) is 20.0. The first-order valence-corrected chi connectivity index (χ1v) is 9.45. The van der Waals surface area contributed by atoms with Crippen molar-refractivity contribution in [2.75, 3.05) is 11.9 Å². The summed E-state index contributed by atoms with van der Waals surface area (Å²) in [4.78, 5) is 15.7. The Hall–Kier alpha value is -2.75. The van der Waals surface area contributed by atoms with Gasteiger partial charge in [-0.25, -0.2) is 0 Å². The van der Waals surface area contributed by atoms with Crippen LogP contribution in [0.15, 0.2) is 60.8 Å². The van der Waals surface area contributed by atoms with Crippen LogP contribution in [-0.4, -0.2) is 23.5 Å². The van der Waals surface area contributed by atoms with Crippen molar-refractivity contribution in [3.8, 4) is 0 Å². The van der Waals surface area contributed by atoms with Crippen LogP contribution < -0.4 is 10.6 Å². The molecule has 134 valence electrons. The molecule has 0 unspecified atom stereocenters. The molecule has 3 N–H and O–H groups in total. The molecule has 4 rings (SSSR count). The monoisotopic (exact) mass is 347 g/mol. The van der Waals surface area contributed by atoms with Gasteiger partial charge in [-0.15, -0.1) is 0 Å². The number of benzene rings is 2. The number of aromatic nitrogens is 1. The molecule has 0 spiro atoms. The fourth-order valence-electron chi connectivity index (χ4n) is 3.79. The Kier molecular flexibility index (Phi) is 4.91. The maximum Gasteiger partial charge on any atom is 0.251 e. The molecule has 1 heterocycles. The molecule has 26 heavy (non-hydrogen) atoms. The van der Waals surface area contributed by atoms with Crippen LogP contribution in [-0.2, 0) is 0 Å². The fourth-order valence-corrected chi connectivity index (χ4v) is 3.79. The van der Waals surface area contributed by atoms with Gasteiger partial charge in [0, 0.05) is 40.9 Å². The van der Waals surface area contributed by atoms with Crippen LogP contribution >= 0.6 is 0 Å². The van der Waals surface area contributed by atoms with Gasteiger partial charge < -0.3 is 15.6 Å². The molecule has 1 saturated carbocycles. The minimum atomic E-state index is 0.0407. The SMILES string of the molecule is O=C(NC1CCC(CNc2ccccc2)CC1)c1ccc2[nH]ccc2c1. The number of nitrogens with one attached hydrogen (secondary N) is 3. The summed E-state index contributed by atoms with van der Waals surface area (Å²) in [7, 11) is 0. The third-order valence-electron chi connectivity index (χ3n) is 5.37. The molecular formula is C22H25N3O. The molecule has 4 heteroatoms. The molecule has 1 amide bonds. The number of rotatable bonds is 5. The Morgan fingerprint density at radius 2 is 1.81 bits per heavy atom. The molecule has 3 aromatic rings. The van der Waals surface area contributed by atoms with E-state index in [9.17, 15) is 4.79 Å². The van der Waals surface area contributed by atoms with Crippen molar-refractivity contribution in [1.29, 1.82) is 0 Å². The second kappa shape index (κ2) is 7.65. The van der Waals surface area contributed by atoms with Gasteiger partial charge in [-0.05, 0) is 68.0 Å². The zero-order valence-corrected chi connectivity index (χ0v) is 14.9. The van der Waals surface area contributed by atoms with Gasteiger partial charge in [0.1, 0.15) is 0 Å². The number of fused-ring (bicyclic) bond motifs is 1. The molecular weight excluding hydrogens is 322 g/mol. The van der Waals surface area contributed by atoms with E-state index in [0.717, 1.165) is 48.7 Å². The second-order valence-corrected chi connectivity index (χ2v) is 7.22. The van der Waals surface area contributed by atoms with Gasteiger partial charge in [-0.1, -0.05) is 18.2 Å². The molecule has 1 aliphatic rings. The highest BCUT2D eigenvalue weighted by molar-refractivity contribution is 5.98. The number of H-pyrrole nitrogens is 1. The van der Waals surface area contributed by atoms with Crippen LogP contribution in [0.1, 0.15) is 36.0 Å². The predicted molar refractivity (Wildman–Crippen MR) is 106 cm³/mol. The van der Waals surface area contributed by atoms with E-state index in [2.05, 4.69) is 39.9 Å². The molecule has 0 saturated heterocycles. The fraction of sp³-hybridized carbons (Fsp3) is 0.318. The first-order valence-electron chi connectivity index (χ1n) is 9.45. The van der Waals surface area contributed by atoms with E-state index in [4.69, 9.17) is 0 Å². The molecule has 1 aliphatic carbocycles. The van der Waals surface area contributed by atoms with Crippen LogP contribution in [0.4, 0.5) is 5.69 Å². The number of hydrogen-bond acceptors (Lipinski definition) is 2. The minimum Gasteiger partial charge on any atom is -0.385 e. The molecule has 0 atom stereocenters. The van der Waals surface area contributed by atoms with Gasteiger partial charge in [0.25, 0.3) is 5.91 Å². The second-order valence-electron chi connectivity index (χ2n) is 7.22. The van der Waals surface area contributed by atoms with Gasteiger partial charge in [0.15, 0.2) is 0 Å².